The first-order chi connectivity index (χ1) is 9.19. The summed E-state index contributed by atoms with van der Waals surface area (Å²) < 4.78 is 0. The second-order valence-corrected chi connectivity index (χ2v) is 6.82. The highest BCUT2D eigenvalue weighted by atomic mass is 35.5. The average molecular weight is 292 g/mol. The quantitative estimate of drug-likeness (QED) is 0.831. The first-order valence-corrected chi connectivity index (χ1v) is 7.92. The Bertz CT molecular complexity index is 586. The van der Waals surface area contributed by atoms with E-state index in [2.05, 4.69) is 37.5 Å². The molecule has 0 amide bonds. The fourth-order valence-electron chi connectivity index (χ4n) is 2.61. The number of hydrogen-bond donors (Lipinski definition) is 1. The van der Waals surface area contributed by atoms with Crippen molar-refractivity contribution >= 4 is 22.9 Å². The minimum absolute atomic E-state index is 0.534. The first-order valence-electron chi connectivity index (χ1n) is 6.72. The monoisotopic (exact) mass is 291 g/mol. The number of thiophene rings is 1. The van der Waals surface area contributed by atoms with Gasteiger partial charge in [-0.25, -0.2) is 0 Å². The van der Waals surface area contributed by atoms with E-state index in [1.807, 2.05) is 23.5 Å². The zero-order valence-corrected chi connectivity index (χ0v) is 12.8. The second-order valence-electron chi connectivity index (χ2n) is 5.27. The summed E-state index contributed by atoms with van der Waals surface area (Å²) in [5, 5.41) is 4.27. The summed E-state index contributed by atoms with van der Waals surface area (Å²) in [5.74, 6) is 0.836. The molecule has 1 fully saturated rings. The van der Waals surface area contributed by atoms with E-state index >= 15 is 0 Å². The third-order valence-electron chi connectivity index (χ3n) is 3.79. The van der Waals surface area contributed by atoms with Crippen LogP contribution in [0.15, 0.2) is 30.3 Å². The highest BCUT2D eigenvalue weighted by molar-refractivity contribution is 7.15. The Morgan fingerprint density at radius 1 is 1.26 bits per heavy atom. The summed E-state index contributed by atoms with van der Waals surface area (Å²) in [4.78, 5) is 2.79. The fraction of sp³-hybridized carbons (Fsp3) is 0.375. The SMILES string of the molecule is CNC(c1ccc(-c2ccc(Cl)cc2C)s1)C1CC1. The van der Waals surface area contributed by atoms with E-state index in [9.17, 15) is 0 Å². The summed E-state index contributed by atoms with van der Waals surface area (Å²) in [6.07, 6.45) is 2.72. The highest BCUT2D eigenvalue weighted by Crippen LogP contribution is 2.44. The van der Waals surface area contributed by atoms with Crippen LogP contribution in [0.4, 0.5) is 0 Å². The van der Waals surface area contributed by atoms with Crippen molar-refractivity contribution in [1.82, 2.24) is 5.32 Å². The number of benzene rings is 1. The molecule has 1 nitrogen and oxygen atoms in total. The summed E-state index contributed by atoms with van der Waals surface area (Å²) >= 11 is 7.93. The van der Waals surface area contributed by atoms with Gasteiger partial charge in [0.15, 0.2) is 0 Å². The Labute approximate surface area is 123 Å². The van der Waals surface area contributed by atoms with Gasteiger partial charge in [0.05, 0.1) is 0 Å². The summed E-state index contributed by atoms with van der Waals surface area (Å²) in [5.41, 5.74) is 2.54. The van der Waals surface area contributed by atoms with Gasteiger partial charge < -0.3 is 5.32 Å². The van der Waals surface area contributed by atoms with Crippen LogP contribution in [0.2, 0.25) is 5.02 Å². The van der Waals surface area contributed by atoms with Crippen molar-refractivity contribution in [2.75, 3.05) is 7.05 Å². The lowest BCUT2D eigenvalue weighted by Crippen LogP contribution is -2.16. The maximum Gasteiger partial charge on any atom is 0.0441 e. The molecule has 3 rings (SSSR count). The third-order valence-corrected chi connectivity index (χ3v) is 5.23. The molecule has 1 aromatic heterocycles. The zero-order valence-electron chi connectivity index (χ0n) is 11.2. The molecule has 1 aromatic carbocycles. The van der Waals surface area contributed by atoms with Crippen LogP contribution in [-0.4, -0.2) is 7.05 Å². The van der Waals surface area contributed by atoms with E-state index in [1.165, 1.54) is 33.7 Å². The topological polar surface area (TPSA) is 12.0 Å². The maximum absolute atomic E-state index is 6.03. The molecular weight excluding hydrogens is 274 g/mol. The summed E-state index contributed by atoms with van der Waals surface area (Å²) in [7, 11) is 2.07. The molecule has 2 aromatic rings. The highest BCUT2D eigenvalue weighted by Gasteiger charge is 2.32. The second kappa shape index (κ2) is 5.28. The smallest absolute Gasteiger partial charge is 0.0441 e. The van der Waals surface area contributed by atoms with Gasteiger partial charge in [-0.1, -0.05) is 17.7 Å². The Morgan fingerprint density at radius 2 is 2.05 bits per heavy atom. The molecule has 0 radical (unpaired) electrons. The van der Waals surface area contributed by atoms with Gasteiger partial charge in [0, 0.05) is 20.8 Å². The van der Waals surface area contributed by atoms with Crippen LogP contribution < -0.4 is 5.32 Å². The van der Waals surface area contributed by atoms with Crippen molar-refractivity contribution in [3.05, 3.63) is 45.8 Å². The Hall–Kier alpha value is -0.830. The molecule has 1 heterocycles. The Morgan fingerprint density at radius 3 is 2.68 bits per heavy atom. The number of hydrogen-bond acceptors (Lipinski definition) is 2. The van der Waals surface area contributed by atoms with E-state index in [0.29, 0.717) is 6.04 Å². The standard InChI is InChI=1S/C16H18ClNS/c1-10-9-12(17)5-6-13(10)14-7-8-15(19-14)16(18-2)11-3-4-11/h5-9,11,16,18H,3-4H2,1-2H3. The van der Waals surface area contributed by atoms with E-state index in [1.54, 1.807) is 0 Å². The van der Waals surface area contributed by atoms with Crippen molar-refractivity contribution in [1.29, 1.82) is 0 Å². The lowest BCUT2D eigenvalue weighted by Gasteiger charge is -2.12. The summed E-state index contributed by atoms with van der Waals surface area (Å²) in [6, 6.07) is 11.2. The van der Waals surface area contributed by atoms with Crippen molar-refractivity contribution in [2.24, 2.45) is 5.92 Å². The predicted octanol–water partition coefficient (Wildman–Crippen LogP) is 5.05. The molecule has 0 bridgehead atoms. The number of halogens is 1. The van der Waals surface area contributed by atoms with Gasteiger partial charge in [0.1, 0.15) is 0 Å². The molecule has 1 saturated carbocycles. The van der Waals surface area contributed by atoms with E-state index < -0.39 is 0 Å². The van der Waals surface area contributed by atoms with E-state index in [-0.39, 0.29) is 0 Å². The normalized spacial score (nSPS) is 16.6. The number of aryl methyl sites for hydroxylation is 1. The first kappa shape index (κ1) is 13.2. The molecule has 100 valence electrons. The predicted molar refractivity (Wildman–Crippen MR) is 84.0 cm³/mol. The van der Waals surface area contributed by atoms with Gasteiger partial charge >= 0.3 is 0 Å². The average Bonchev–Trinajstić information content (AvgIpc) is 3.09. The van der Waals surface area contributed by atoms with Crippen molar-refractivity contribution in [3.63, 3.8) is 0 Å². The largest absolute Gasteiger partial charge is 0.312 e. The van der Waals surface area contributed by atoms with Gasteiger partial charge in [-0.15, -0.1) is 11.3 Å². The fourth-order valence-corrected chi connectivity index (χ4v) is 4.14. The number of nitrogens with one attached hydrogen (secondary N) is 1. The van der Waals surface area contributed by atoms with Gasteiger partial charge in [0.25, 0.3) is 0 Å². The molecule has 0 saturated heterocycles. The molecule has 1 N–H and O–H groups in total. The van der Waals surface area contributed by atoms with Gasteiger partial charge in [-0.05, 0) is 68.1 Å². The number of rotatable bonds is 4. The van der Waals surface area contributed by atoms with Crippen LogP contribution >= 0.6 is 22.9 Å². The molecule has 3 heteroatoms. The van der Waals surface area contributed by atoms with Crippen LogP contribution in [0.3, 0.4) is 0 Å². The molecule has 1 unspecified atom stereocenters. The van der Waals surface area contributed by atoms with E-state index in [0.717, 1.165) is 10.9 Å². The van der Waals surface area contributed by atoms with Gasteiger partial charge in [-0.2, -0.15) is 0 Å². The third kappa shape index (κ3) is 2.71. The van der Waals surface area contributed by atoms with Crippen molar-refractivity contribution in [2.45, 2.75) is 25.8 Å². The lowest BCUT2D eigenvalue weighted by atomic mass is 10.1. The zero-order chi connectivity index (χ0) is 13.4. The Kier molecular flexibility index (Phi) is 3.66. The maximum atomic E-state index is 6.03. The van der Waals surface area contributed by atoms with Gasteiger partial charge in [0.2, 0.25) is 0 Å². The minimum atomic E-state index is 0.534. The van der Waals surface area contributed by atoms with Crippen molar-refractivity contribution in [3.8, 4) is 10.4 Å². The molecule has 0 aliphatic heterocycles. The van der Waals surface area contributed by atoms with Crippen LogP contribution in [0.25, 0.3) is 10.4 Å². The minimum Gasteiger partial charge on any atom is -0.312 e. The molecule has 19 heavy (non-hydrogen) atoms. The molecule has 1 aliphatic rings. The van der Waals surface area contributed by atoms with Gasteiger partial charge in [-0.3, -0.25) is 0 Å². The molecule has 1 aliphatic carbocycles. The molecular formula is C16H18ClNS. The lowest BCUT2D eigenvalue weighted by molar-refractivity contribution is 0.537. The van der Waals surface area contributed by atoms with Crippen LogP contribution in [-0.2, 0) is 0 Å². The summed E-state index contributed by atoms with van der Waals surface area (Å²) in [6.45, 7) is 2.12. The Balaban J connectivity index is 1.91. The molecule has 0 spiro atoms. The van der Waals surface area contributed by atoms with Crippen LogP contribution in [0, 0.1) is 12.8 Å². The van der Waals surface area contributed by atoms with Crippen molar-refractivity contribution < 1.29 is 0 Å². The van der Waals surface area contributed by atoms with E-state index in [4.69, 9.17) is 11.6 Å². The van der Waals surface area contributed by atoms with Crippen LogP contribution in [0.1, 0.15) is 29.3 Å². The molecule has 1 atom stereocenters. The van der Waals surface area contributed by atoms with Crippen LogP contribution in [0.5, 0.6) is 0 Å².